The summed E-state index contributed by atoms with van der Waals surface area (Å²) in [7, 11) is 1.57. The van der Waals surface area contributed by atoms with Crippen molar-refractivity contribution in [2.45, 2.75) is 57.9 Å². The summed E-state index contributed by atoms with van der Waals surface area (Å²) in [5.41, 5.74) is 1.11. The first kappa shape index (κ1) is 26.0. The summed E-state index contributed by atoms with van der Waals surface area (Å²) in [6, 6.07) is 1.18. The fourth-order valence-corrected chi connectivity index (χ4v) is 5.94. The van der Waals surface area contributed by atoms with Crippen LogP contribution in [-0.4, -0.2) is 55.8 Å². The first-order chi connectivity index (χ1) is 18.2. The molecule has 1 atom stereocenters. The third-order valence-electron chi connectivity index (χ3n) is 6.68. The third kappa shape index (κ3) is 5.19. The fourth-order valence-electron chi connectivity index (χ4n) is 4.71. The van der Waals surface area contributed by atoms with Crippen LogP contribution < -0.4 is 15.4 Å². The SMILES string of the molecule is CCOC(=O)c1c(NC(=O)C2CC(F)C2)sc2c1C[C@@H](n1cnnc1Nc1cc(OC(F)F)nn1C)CC2.[HH]. The van der Waals surface area contributed by atoms with Crippen LogP contribution >= 0.6 is 11.3 Å². The lowest BCUT2D eigenvalue weighted by Gasteiger charge is -2.28. The van der Waals surface area contributed by atoms with E-state index < -0.39 is 24.7 Å². The van der Waals surface area contributed by atoms with Crippen molar-refractivity contribution in [3.63, 3.8) is 0 Å². The number of esters is 1. The van der Waals surface area contributed by atoms with E-state index in [0.717, 1.165) is 10.4 Å². The monoisotopic (exact) mass is 555 g/mol. The number of ether oxygens (including phenoxy) is 2. The van der Waals surface area contributed by atoms with Crippen molar-refractivity contribution in [3.8, 4) is 5.88 Å². The van der Waals surface area contributed by atoms with Gasteiger partial charge in [-0.3, -0.25) is 9.36 Å². The Labute approximate surface area is 220 Å². The molecule has 5 rings (SSSR count). The van der Waals surface area contributed by atoms with Gasteiger partial charge < -0.3 is 20.1 Å². The fraction of sp³-hybridized carbons (Fsp3) is 0.522. The summed E-state index contributed by atoms with van der Waals surface area (Å²) in [5, 5.41) is 18.3. The van der Waals surface area contributed by atoms with E-state index in [4.69, 9.17) is 4.74 Å². The molecule has 2 N–H and O–H groups in total. The van der Waals surface area contributed by atoms with Crippen molar-refractivity contribution in [2.75, 3.05) is 17.2 Å². The van der Waals surface area contributed by atoms with Gasteiger partial charge in [0, 0.05) is 31.4 Å². The van der Waals surface area contributed by atoms with Gasteiger partial charge in [0.1, 0.15) is 23.3 Å². The molecule has 3 aromatic heterocycles. The third-order valence-corrected chi connectivity index (χ3v) is 7.88. The Balaban J connectivity index is 0.00000353. The van der Waals surface area contributed by atoms with Crippen LogP contribution in [0.3, 0.4) is 0 Å². The van der Waals surface area contributed by atoms with Crippen molar-refractivity contribution in [1.82, 2.24) is 24.5 Å². The number of thiophene rings is 1. The van der Waals surface area contributed by atoms with Crippen molar-refractivity contribution in [1.29, 1.82) is 0 Å². The zero-order valence-corrected chi connectivity index (χ0v) is 21.4. The van der Waals surface area contributed by atoms with Crippen molar-refractivity contribution in [3.05, 3.63) is 28.4 Å². The molecule has 11 nitrogen and oxygen atoms in total. The van der Waals surface area contributed by atoms with Gasteiger partial charge in [0.25, 0.3) is 0 Å². The number of amides is 1. The van der Waals surface area contributed by atoms with E-state index in [9.17, 15) is 22.8 Å². The van der Waals surface area contributed by atoms with E-state index in [1.165, 1.54) is 22.1 Å². The van der Waals surface area contributed by atoms with Gasteiger partial charge in [0.2, 0.25) is 17.7 Å². The molecule has 0 spiro atoms. The van der Waals surface area contributed by atoms with Crippen molar-refractivity contribution < 1.29 is 33.7 Å². The maximum Gasteiger partial charge on any atom is 0.388 e. The molecule has 0 aromatic carbocycles. The highest BCUT2D eigenvalue weighted by atomic mass is 32.1. The van der Waals surface area contributed by atoms with Crippen LogP contribution in [0, 0.1) is 5.92 Å². The van der Waals surface area contributed by atoms with Crippen molar-refractivity contribution >= 4 is 40.0 Å². The summed E-state index contributed by atoms with van der Waals surface area (Å²) in [4.78, 5) is 26.6. The Kier molecular flexibility index (Phi) is 7.27. The van der Waals surface area contributed by atoms with E-state index in [-0.39, 0.29) is 38.7 Å². The van der Waals surface area contributed by atoms with Gasteiger partial charge in [-0.15, -0.1) is 26.6 Å². The predicted molar refractivity (Wildman–Crippen MR) is 133 cm³/mol. The van der Waals surface area contributed by atoms with Gasteiger partial charge in [0.05, 0.1) is 12.2 Å². The molecule has 3 heterocycles. The molecule has 1 amide bonds. The number of alkyl halides is 3. The first-order valence-electron chi connectivity index (χ1n) is 12.1. The molecule has 0 bridgehead atoms. The molecule has 3 aromatic rings. The molecule has 1 fully saturated rings. The second-order valence-corrected chi connectivity index (χ2v) is 10.2. The molecule has 0 unspecified atom stereocenters. The van der Waals surface area contributed by atoms with Crippen LogP contribution in [0.25, 0.3) is 0 Å². The van der Waals surface area contributed by atoms with Gasteiger partial charge >= 0.3 is 12.6 Å². The predicted octanol–water partition coefficient (Wildman–Crippen LogP) is 4.26. The second kappa shape index (κ2) is 10.6. The van der Waals surface area contributed by atoms with Crippen LogP contribution in [0.4, 0.5) is 29.9 Å². The minimum absolute atomic E-state index is 0. The lowest BCUT2D eigenvalue weighted by Crippen LogP contribution is -2.35. The number of aryl methyl sites for hydroxylation is 2. The van der Waals surface area contributed by atoms with Crippen LogP contribution in [0.2, 0.25) is 0 Å². The highest BCUT2D eigenvalue weighted by molar-refractivity contribution is 7.17. The largest absolute Gasteiger partial charge is 0.462 e. The molecular weight excluding hydrogens is 527 g/mol. The Morgan fingerprint density at radius 2 is 2.13 bits per heavy atom. The van der Waals surface area contributed by atoms with E-state index >= 15 is 0 Å². The average Bonchev–Trinajstić information content (AvgIpc) is 3.53. The van der Waals surface area contributed by atoms with Gasteiger partial charge in [-0.25, -0.2) is 13.9 Å². The highest BCUT2D eigenvalue weighted by Gasteiger charge is 2.37. The van der Waals surface area contributed by atoms with Gasteiger partial charge in [-0.2, -0.15) is 8.78 Å². The number of nitrogens with one attached hydrogen (secondary N) is 2. The minimum Gasteiger partial charge on any atom is -0.462 e. The quantitative estimate of drug-likeness (QED) is 0.376. The summed E-state index contributed by atoms with van der Waals surface area (Å²) in [6.45, 7) is -1.12. The summed E-state index contributed by atoms with van der Waals surface area (Å²) in [6.07, 6.45) is 2.74. The molecule has 0 radical (unpaired) electrons. The number of carbonyl (C=O) groups excluding carboxylic acids is 2. The van der Waals surface area contributed by atoms with Crippen LogP contribution in [-0.2, 0) is 29.4 Å². The first-order valence-corrected chi connectivity index (χ1v) is 13.0. The number of rotatable bonds is 9. The number of halogens is 3. The maximum absolute atomic E-state index is 13.3. The van der Waals surface area contributed by atoms with Crippen LogP contribution in [0.5, 0.6) is 5.88 Å². The average molecular weight is 556 g/mol. The Morgan fingerprint density at radius 3 is 2.84 bits per heavy atom. The zero-order chi connectivity index (χ0) is 27.0. The Bertz CT molecular complexity index is 1340. The number of hydrogen-bond donors (Lipinski definition) is 2. The number of nitrogens with zero attached hydrogens (tertiary/aromatic N) is 5. The van der Waals surface area contributed by atoms with E-state index in [1.54, 1.807) is 20.3 Å². The van der Waals surface area contributed by atoms with Gasteiger partial charge in [-0.1, -0.05) is 0 Å². The van der Waals surface area contributed by atoms with Crippen molar-refractivity contribution in [2.24, 2.45) is 13.0 Å². The normalized spacial score (nSPS) is 20.5. The molecule has 1 saturated carbocycles. The Morgan fingerprint density at radius 1 is 1.34 bits per heavy atom. The number of carbonyl (C=O) groups is 2. The number of fused-ring (bicyclic) bond motifs is 1. The molecule has 2 aliphatic rings. The van der Waals surface area contributed by atoms with Crippen LogP contribution in [0.15, 0.2) is 12.4 Å². The van der Waals surface area contributed by atoms with E-state index in [2.05, 4.69) is 30.7 Å². The van der Waals surface area contributed by atoms with Gasteiger partial charge in [-0.05, 0) is 44.6 Å². The molecule has 0 aliphatic heterocycles. The molecular formula is C23H28F3N7O4S. The number of hydrogen-bond acceptors (Lipinski definition) is 9. The molecule has 15 heteroatoms. The highest BCUT2D eigenvalue weighted by Crippen LogP contribution is 2.43. The lowest BCUT2D eigenvalue weighted by molar-refractivity contribution is -0.124. The molecule has 0 saturated heterocycles. The lowest BCUT2D eigenvalue weighted by atomic mass is 9.83. The molecule has 206 valence electrons. The number of aromatic nitrogens is 5. The smallest absolute Gasteiger partial charge is 0.388 e. The Hall–Kier alpha value is -3.62. The summed E-state index contributed by atoms with van der Waals surface area (Å²) >= 11 is 1.34. The number of anilines is 3. The summed E-state index contributed by atoms with van der Waals surface area (Å²) in [5.74, 6) is -0.744. The standard InChI is InChI=1S/C23H26F3N7O4S.H2/c1-3-36-21(35)18-14-8-13(4-5-15(14)38-20(18)29-19(34)11-6-12(24)7-11)33-10-27-30-23(33)28-16-9-17(31-32(16)2)37-22(25)26;/h9-13,22H,3-8H2,1-2H3,(H,28,30)(H,29,34);1H/t11?,12?,13-;/m0./s1. The summed E-state index contributed by atoms with van der Waals surface area (Å²) < 4.78 is 51.2. The molecule has 2 aliphatic carbocycles. The minimum atomic E-state index is -3.00. The second-order valence-electron chi connectivity index (χ2n) is 9.14. The maximum atomic E-state index is 13.3. The topological polar surface area (TPSA) is 125 Å². The zero-order valence-electron chi connectivity index (χ0n) is 20.6. The van der Waals surface area contributed by atoms with Crippen LogP contribution in [0.1, 0.15) is 54.5 Å². The van der Waals surface area contributed by atoms with E-state index in [1.807, 2.05) is 4.57 Å². The van der Waals surface area contributed by atoms with Gasteiger partial charge in [0.15, 0.2) is 0 Å². The van der Waals surface area contributed by atoms with E-state index in [0.29, 0.717) is 41.6 Å². The molecule has 38 heavy (non-hydrogen) atoms.